The molecule has 1 aromatic rings. The van der Waals surface area contributed by atoms with E-state index >= 15 is 0 Å². The van der Waals surface area contributed by atoms with Crippen LogP contribution in [0.5, 0.6) is 0 Å². The molecule has 1 fully saturated rings. The van der Waals surface area contributed by atoms with Gasteiger partial charge in [0.2, 0.25) is 0 Å². The van der Waals surface area contributed by atoms with Crippen molar-refractivity contribution in [1.82, 2.24) is 0 Å². The van der Waals surface area contributed by atoms with E-state index in [0.29, 0.717) is 13.0 Å². The Kier molecular flexibility index (Phi) is 3.67. The van der Waals surface area contributed by atoms with Gasteiger partial charge in [-0.3, -0.25) is 4.79 Å². The molecule has 0 spiro atoms. The van der Waals surface area contributed by atoms with Crippen LogP contribution in [-0.4, -0.2) is 18.0 Å². The molecule has 1 aromatic carbocycles. The molecule has 1 saturated heterocycles. The fourth-order valence-electron chi connectivity index (χ4n) is 2.33. The van der Waals surface area contributed by atoms with Crippen molar-refractivity contribution in [2.45, 2.75) is 38.0 Å². The minimum Gasteiger partial charge on any atom is -0.367 e. The molecule has 2 nitrogen and oxygen atoms in total. The van der Waals surface area contributed by atoms with Gasteiger partial charge >= 0.3 is 6.18 Å². The van der Waals surface area contributed by atoms with E-state index in [2.05, 4.69) is 0 Å². The number of alkyl halides is 3. The van der Waals surface area contributed by atoms with Crippen LogP contribution < -0.4 is 0 Å². The van der Waals surface area contributed by atoms with Crippen molar-refractivity contribution in [2.75, 3.05) is 6.61 Å². The largest absolute Gasteiger partial charge is 0.417 e. The standard InChI is InChI=1S/C14H15F3O2/c1-13(8-4-5-9-19-13)12(18)10-6-2-3-7-11(10)14(15,16)17/h2-3,6-7H,4-5,8-9H2,1H3. The highest BCUT2D eigenvalue weighted by atomic mass is 19.4. The summed E-state index contributed by atoms with van der Waals surface area (Å²) >= 11 is 0. The third-order valence-corrected chi connectivity index (χ3v) is 3.43. The second kappa shape index (κ2) is 4.96. The summed E-state index contributed by atoms with van der Waals surface area (Å²) in [5, 5.41) is 0. The Morgan fingerprint density at radius 1 is 1.26 bits per heavy atom. The summed E-state index contributed by atoms with van der Waals surface area (Å²) in [6.45, 7) is 1.98. The molecule has 0 bridgehead atoms. The van der Waals surface area contributed by atoms with Crippen LogP contribution in [0.1, 0.15) is 42.1 Å². The third kappa shape index (κ3) is 2.81. The summed E-state index contributed by atoms with van der Waals surface area (Å²) < 4.78 is 44.2. The third-order valence-electron chi connectivity index (χ3n) is 3.43. The molecule has 1 heterocycles. The Morgan fingerprint density at radius 3 is 2.53 bits per heavy atom. The topological polar surface area (TPSA) is 26.3 Å². The number of ketones is 1. The van der Waals surface area contributed by atoms with Crippen LogP contribution >= 0.6 is 0 Å². The highest BCUT2D eigenvalue weighted by molar-refractivity contribution is 6.03. The van der Waals surface area contributed by atoms with E-state index in [1.165, 1.54) is 18.2 Å². The summed E-state index contributed by atoms with van der Waals surface area (Å²) in [6.07, 6.45) is -2.45. The van der Waals surface area contributed by atoms with E-state index in [1.807, 2.05) is 0 Å². The molecule has 19 heavy (non-hydrogen) atoms. The monoisotopic (exact) mass is 272 g/mol. The second-order valence-corrected chi connectivity index (χ2v) is 4.91. The predicted octanol–water partition coefficient (Wildman–Crippen LogP) is 3.85. The number of benzene rings is 1. The zero-order valence-corrected chi connectivity index (χ0v) is 10.6. The molecule has 1 unspecified atom stereocenters. The van der Waals surface area contributed by atoms with Gasteiger partial charge < -0.3 is 4.74 Å². The first-order valence-corrected chi connectivity index (χ1v) is 6.19. The minimum absolute atomic E-state index is 0.306. The van der Waals surface area contributed by atoms with Crippen molar-refractivity contribution < 1.29 is 22.7 Å². The van der Waals surface area contributed by atoms with E-state index in [9.17, 15) is 18.0 Å². The number of ether oxygens (including phenoxy) is 1. The van der Waals surface area contributed by atoms with Gasteiger partial charge in [-0.15, -0.1) is 0 Å². The van der Waals surface area contributed by atoms with Gasteiger partial charge in [-0.25, -0.2) is 0 Å². The summed E-state index contributed by atoms with van der Waals surface area (Å²) in [5.74, 6) is -0.583. The van der Waals surface area contributed by atoms with Crippen LogP contribution in [0.25, 0.3) is 0 Å². The highest BCUT2D eigenvalue weighted by Crippen LogP contribution is 2.35. The highest BCUT2D eigenvalue weighted by Gasteiger charge is 2.41. The Hall–Kier alpha value is -1.36. The Labute approximate surface area is 109 Å². The number of carbonyl (C=O) groups excluding carboxylic acids is 1. The second-order valence-electron chi connectivity index (χ2n) is 4.91. The zero-order valence-electron chi connectivity index (χ0n) is 10.6. The number of hydrogen-bond acceptors (Lipinski definition) is 2. The average molecular weight is 272 g/mol. The first kappa shape index (κ1) is 14.1. The lowest BCUT2D eigenvalue weighted by atomic mass is 9.86. The van der Waals surface area contributed by atoms with Gasteiger partial charge in [0, 0.05) is 12.2 Å². The average Bonchev–Trinajstić information content (AvgIpc) is 2.38. The van der Waals surface area contributed by atoms with Gasteiger partial charge in [-0.1, -0.05) is 18.2 Å². The molecule has 5 heteroatoms. The number of rotatable bonds is 2. The Bertz CT molecular complexity index is 474. The SMILES string of the molecule is CC1(C(=O)c2ccccc2C(F)(F)F)CCCCO1. The molecule has 0 radical (unpaired) electrons. The maximum absolute atomic E-state index is 12.9. The van der Waals surface area contributed by atoms with Crippen molar-refractivity contribution in [3.63, 3.8) is 0 Å². The minimum atomic E-state index is -4.53. The molecule has 1 aliphatic heterocycles. The van der Waals surface area contributed by atoms with E-state index in [4.69, 9.17) is 4.74 Å². The first-order valence-electron chi connectivity index (χ1n) is 6.19. The normalized spacial score (nSPS) is 24.2. The number of halogens is 3. The molecule has 1 atom stereocenters. The summed E-state index contributed by atoms with van der Waals surface area (Å²) in [4.78, 5) is 12.4. The molecule has 2 rings (SSSR count). The van der Waals surface area contributed by atoms with Crippen LogP contribution in [0.4, 0.5) is 13.2 Å². The van der Waals surface area contributed by atoms with Crippen molar-refractivity contribution in [1.29, 1.82) is 0 Å². The molecule has 1 aliphatic rings. The van der Waals surface area contributed by atoms with E-state index in [0.717, 1.165) is 18.9 Å². The fraction of sp³-hybridized carbons (Fsp3) is 0.500. The molecule has 0 N–H and O–H groups in total. The zero-order chi connectivity index (χ0) is 14.1. The lowest BCUT2D eigenvalue weighted by Crippen LogP contribution is -2.42. The van der Waals surface area contributed by atoms with Crippen LogP contribution in [-0.2, 0) is 10.9 Å². The van der Waals surface area contributed by atoms with E-state index < -0.39 is 23.1 Å². The number of carbonyl (C=O) groups is 1. The van der Waals surface area contributed by atoms with Gasteiger partial charge in [0.05, 0.1) is 5.56 Å². The van der Waals surface area contributed by atoms with Crippen LogP contribution in [0.3, 0.4) is 0 Å². The van der Waals surface area contributed by atoms with Gasteiger partial charge in [0.25, 0.3) is 0 Å². The Balaban J connectivity index is 2.39. The fourth-order valence-corrected chi connectivity index (χ4v) is 2.33. The molecular formula is C14H15F3O2. The smallest absolute Gasteiger partial charge is 0.367 e. The van der Waals surface area contributed by atoms with Crippen LogP contribution in [0.15, 0.2) is 24.3 Å². The van der Waals surface area contributed by atoms with Gasteiger partial charge in [-0.2, -0.15) is 13.2 Å². The summed E-state index contributed by atoms with van der Waals surface area (Å²) in [6, 6.07) is 4.87. The first-order chi connectivity index (χ1) is 8.84. The lowest BCUT2D eigenvalue weighted by Gasteiger charge is -2.33. The lowest BCUT2D eigenvalue weighted by molar-refractivity contribution is -0.138. The van der Waals surface area contributed by atoms with E-state index in [1.54, 1.807) is 6.92 Å². The maximum atomic E-state index is 12.9. The predicted molar refractivity (Wildman–Crippen MR) is 64.0 cm³/mol. The molecule has 0 saturated carbocycles. The van der Waals surface area contributed by atoms with Crippen molar-refractivity contribution >= 4 is 5.78 Å². The summed E-state index contributed by atoms with van der Waals surface area (Å²) in [7, 11) is 0. The molecule has 0 amide bonds. The molecular weight excluding hydrogens is 257 g/mol. The Morgan fingerprint density at radius 2 is 1.95 bits per heavy atom. The molecule has 0 aromatic heterocycles. The quantitative estimate of drug-likeness (QED) is 0.764. The van der Waals surface area contributed by atoms with Crippen molar-refractivity contribution in [2.24, 2.45) is 0 Å². The molecule has 104 valence electrons. The van der Waals surface area contributed by atoms with E-state index in [-0.39, 0.29) is 5.56 Å². The van der Waals surface area contributed by atoms with Crippen LogP contribution in [0.2, 0.25) is 0 Å². The molecule has 0 aliphatic carbocycles. The van der Waals surface area contributed by atoms with Crippen molar-refractivity contribution in [3.05, 3.63) is 35.4 Å². The summed E-state index contributed by atoms with van der Waals surface area (Å²) in [5.41, 5.74) is -2.34. The number of hydrogen-bond donors (Lipinski definition) is 0. The van der Waals surface area contributed by atoms with Gasteiger partial charge in [-0.05, 0) is 32.3 Å². The number of Topliss-reactive ketones (excluding diaryl/α,β-unsaturated/α-hetero) is 1. The maximum Gasteiger partial charge on any atom is 0.417 e. The van der Waals surface area contributed by atoms with Gasteiger partial charge in [0.1, 0.15) is 5.60 Å². The van der Waals surface area contributed by atoms with Crippen LogP contribution in [0, 0.1) is 0 Å². The van der Waals surface area contributed by atoms with Gasteiger partial charge in [0.15, 0.2) is 5.78 Å². The van der Waals surface area contributed by atoms with Crippen molar-refractivity contribution in [3.8, 4) is 0 Å².